The number of nitrogens with one attached hydrogen (secondary N) is 1. The number of aryl methyl sites for hydroxylation is 1. The molecule has 0 radical (unpaired) electrons. The third-order valence-electron chi connectivity index (χ3n) is 4.90. The Morgan fingerprint density at radius 1 is 1.18 bits per heavy atom. The van der Waals surface area contributed by atoms with Gasteiger partial charge < -0.3 is 10.4 Å². The van der Waals surface area contributed by atoms with Crippen molar-refractivity contribution in [1.82, 2.24) is 24.6 Å². The van der Waals surface area contributed by atoms with E-state index in [-0.39, 0.29) is 0 Å². The minimum Gasteiger partial charge on any atom is -0.475 e. The molecule has 1 fully saturated rings. The van der Waals surface area contributed by atoms with E-state index in [4.69, 9.17) is 9.90 Å². The van der Waals surface area contributed by atoms with Crippen LogP contribution in [0.2, 0.25) is 0 Å². The fourth-order valence-corrected chi connectivity index (χ4v) is 4.23. The van der Waals surface area contributed by atoms with Gasteiger partial charge in [0.15, 0.2) is 5.82 Å². The van der Waals surface area contributed by atoms with E-state index in [0.29, 0.717) is 0 Å². The maximum Gasteiger partial charge on any atom is 0.490 e. The maximum absolute atomic E-state index is 10.6. The Hall–Kier alpha value is -3.12. The first kappa shape index (κ1) is 25.5. The average Bonchev–Trinajstić information content (AvgIpc) is 3.31. The first-order chi connectivity index (χ1) is 16.1. The van der Waals surface area contributed by atoms with Crippen LogP contribution in [-0.2, 0) is 11.3 Å². The van der Waals surface area contributed by atoms with Crippen LogP contribution in [-0.4, -0.2) is 66.5 Å². The monoisotopic (exact) mass is 494 g/mol. The van der Waals surface area contributed by atoms with Crippen LogP contribution in [0.25, 0.3) is 5.82 Å². The van der Waals surface area contributed by atoms with Gasteiger partial charge in [0, 0.05) is 54.8 Å². The van der Waals surface area contributed by atoms with Crippen LogP contribution in [0.15, 0.2) is 42.7 Å². The van der Waals surface area contributed by atoms with Gasteiger partial charge in [-0.3, -0.25) is 4.90 Å². The van der Waals surface area contributed by atoms with Gasteiger partial charge in [-0.2, -0.15) is 30.0 Å². The van der Waals surface area contributed by atoms with Gasteiger partial charge >= 0.3 is 12.1 Å². The van der Waals surface area contributed by atoms with Gasteiger partial charge in [-0.15, -0.1) is 0 Å². The molecule has 8 nitrogen and oxygen atoms in total. The van der Waals surface area contributed by atoms with Gasteiger partial charge in [0.1, 0.15) is 11.6 Å². The molecule has 12 heteroatoms. The molecule has 0 unspecified atom stereocenters. The predicted molar refractivity (Wildman–Crippen MR) is 125 cm³/mol. The number of carboxylic acid groups (broad SMARTS) is 1. The molecule has 2 N–H and O–H groups in total. The number of anilines is 2. The molecule has 1 saturated heterocycles. The molecule has 34 heavy (non-hydrogen) atoms. The highest BCUT2D eigenvalue weighted by molar-refractivity contribution is 7.99. The molecule has 0 atom stereocenters. The number of carbonyl (C=O) groups is 1. The second kappa shape index (κ2) is 11.3. The molecule has 0 bridgehead atoms. The van der Waals surface area contributed by atoms with E-state index < -0.39 is 12.1 Å². The van der Waals surface area contributed by atoms with E-state index in [9.17, 15) is 13.2 Å². The van der Waals surface area contributed by atoms with Crippen LogP contribution in [0, 0.1) is 13.8 Å². The number of nitrogens with zero attached hydrogens (tertiary/aromatic N) is 5. The Morgan fingerprint density at radius 3 is 2.50 bits per heavy atom. The molecule has 0 aliphatic carbocycles. The van der Waals surface area contributed by atoms with Crippen molar-refractivity contribution in [2.75, 3.05) is 29.9 Å². The molecule has 0 saturated carbocycles. The van der Waals surface area contributed by atoms with Gasteiger partial charge in [-0.1, -0.05) is 12.1 Å². The minimum atomic E-state index is -5.08. The van der Waals surface area contributed by atoms with Crippen LogP contribution in [0.5, 0.6) is 0 Å². The summed E-state index contributed by atoms with van der Waals surface area (Å²) in [6, 6.07) is 10.5. The number of benzene rings is 1. The topological polar surface area (TPSA) is 96.2 Å². The van der Waals surface area contributed by atoms with Crippen LogP contribution in [0.4, 0.5) is 24.7 Å². The van der Waals surface area contributed by atoms with Crippen molar-refractivity contribution < 1.29 is 23.1 Å². The van der Waals surface area contributed by atoms with Gasteiger partial charge in [0.25, 0.3) is 0 Å². The van der Waals surface area contributed by atoms with Gasteiger partial charge in [0.2, 0.25) is 0 Å². The number of aromatic nitrogens is 4. The third kappa shape index (κ3) is 7.19. The molecule has 0 amide bonds. The van der Waals surface area contributed by atoms with E-state index in [1.807, 2.05) is 37.9 Å². The van der Waals surface area contributed by atoms with Crippen molar-refractivity contribution in [3.63, 3.8) is 0 Å². The summed E-state index contributed by atoms with van der Waals surface area (Å²) in [5.74, 6) is 2.04. The van der Waals surface area contributed by atoms with Crippen molar-refractivity contribution in [3.05, 3.63) is 59.7 Å². The number of hydrogen-bond acceptors (Lipinski definition) is 7. The minimum absolute atomic E-state index is 0.718. The predicted octanol–water partition coefficient (Wildman–Crippen LogP) is 4.20. The number of hydrogen-bond donors (Lipinski definition) is 2. The molecule has 1 aliphatic rings. The quantitative estimate of drug-likeness (QED) is 0.545. The number of alkyl halides is 3. The maximum atomic E-state index is 10.6. The largest absolute Gasteiger partial charge is 0.490 e. The highest BCUT2D eigenvalue weighted by atomic mass is 32.2. The number of halogens is 3. The average molecular weight is 495 g/mol. The number of thioether (sulfide) groups is 1. The highest BCUT2D eigenvalue weighted by Crippen LogP contribution is 2.24. The Morgan fingerprint density at radius 2 is 1.88 bits per heavy atom. The van der Waals surface area contributed by atoms with Crippen molar-refractivity contribution in [2.24, 2.45) is 0 Å². The molecule has 1 aromatic carbocycles. The van der Waals surface area contributed by atoms with E-state index >= 15 is 0 Å². The summed E-state index contributed by atoms with van der Waals surface area (Å²) < 4.78 is 33.5. The van der Waals surface area contributed by atoms with Crippen LogP contribution in [0.1, 0.15) is 17.0 Å². The number of aliphatic carboxylic acids is 1. The van der Waals surface area contributed by atoms with Crippen molar-refractivity contribution in [3.8, 4) is 5.82 Å². The lowest BCUT2D eigenvalue weighted by atomic mass is 10.1. The zero-order valence-corrected chi connectivity index (χ0v) is 19.5. The molecule has 3 heterocycles. The third-order valence-corrected chi connectivity index (χ3v) is 5.84. The first-order valence-electron chi connectivity index (χ1n) is 10.4. The SMILES string of the molecule is Cc1nc(Nc2cccc(CN3CCSCC3)c2)c(C)c(-n2cccn2)n1.O=C(O)C(F)(F)F. The second-order valence-electron chi connectivity index (χ2n) is 7.54. The standard InChI is InChI=1S/C20H24N6S.C2HF3O2/c1-15-19(22-16(2)23-20(15)26-8-4-7-21-26)24-18-6-3-5-17(13-18)14-25-9-11-27-12-10-25;3-2(4,5)1(6)7/h3-8,13H,9-12,14H2,1-2H3,(H,22,23,24);(H,6,7). The van der Waals surface area contributed by atoms with E-state index in [2.05, 4.69) is 49.5 Å². The Balaban J connectivity index is 0.000000406. The van der Waals surface area contributed by atoms with Gasteiger partial charge in [0.05, 0.1) is 0 Å². The zero-order chi connectivity index (χ0) is 24.7. The normalized spacial score (nSPS) is 14.3. The molecule has 182 valence electrons. The Bertz CT molecular complexity index is 1100. The smallest absolute Gasteiger partial charge is 0.475 e. The summed E-state index contributed by atoms with van der Waals surface area (Å²) in [7, 11) is 0. The van der Waals surface area contributed by atoms with Crippen molar-refractivity contribution in [2.45, 2.75) is 26.6 Å². The summed E-state index contributed by atoms with van der Waals surface area (Å²) in [4.78, 5) is 20.6. The summed E-state index contributed by atoms with van der Waals surface area (Å²) in [5.41, 5.74) is 3.34. The lowest BCUT2D eigenvalue weighted by molar-refractivity contribution is -0.192. The molecule has 4 rings (SSSR count). The van der Waals surface area contributed by atoms with Crippen LogP contribution >= 0.6 is 11.8 Å². The molecule has 3 aromatic rings. The molecule has 1 aliphatic heterocycles. The number of carboxylic acids is 1. The van der Waals surface area contributed by atoms with Gasteiger partial charge in [-0.25, -0.2) is 19.4 Å². The Kier molecular flexibility index (Phi) is 8.51. The lowest BCUT2D eigenvalue weighted by Crippen LogP contribution is -2.31. The lowest BCUT2D eigenvalue weighted by Gasteiger charge is -2.26. The summed E-state index contributed by atoms with van der Waals surface area (Å²) in [6.07, 6.45) is -1.43. The van der Waals surface area contributed by atoms with Crippen LogP contribution < -0.4 is 5.32 Å². The second-order valence-corrected chi connectivity index (χ2v) is 8.76. The fraction of sp³-hybridized carbons (Fsp3) is 0.364. The van der Waals surface area contributed by atoms with E-state index in [0.717, 1.165) is 35.3 Å². The Labute approximate surface area is 199 Å². The number of rotatable bonds is 5. The van der Waals surface area contributed by atoms with Crippen molar-refractivity contribution >= 4 is 29.2 Å². The molecular formula is C22H25F3N6O2S. The fourth-order valence-electron chi connectivity index (χ4n) is 3.25. The summed E-state index contributed by atoms with van der Waals surface area (Å²) in [6.45, 7) is 7.26. The molecule has 2 aromatic heterocycles. The highest BCUT2D eigenvalue weighted by Gasteiger charge is 2.38. The summed E-state index contributed by atoms with van der Waals surface area (Å²) in [5, 5.41) is 14.9. The van der Waals surface area contributed by atoms with Crippen molar-refractivity contribution in [1.29, 1.82) is 0 Å². The van der Waals surface area contributed by atoms with Gasteiger partial charge in [-0.05, 0) is 37.6 Å². The molecular weight excluding hydrogens is 469 g/mol. The summed E-state index contributed by atoms with van der Waals surface area (Å²) >= 11 is 2.04. The molecule has 0 spiro atoms. The van der Waals surface area contributed by atoms with E-state index in [1.165, 1.54) is 30.2 Å². The first-order valence-corrected chi connectivity index (χ1v) is 11.6. The zero-order valence-electron chi connectivity index (χ0n) is 18.7. The van der Waals surface area contributed by atoms with E-state index in [1.54, 1.807) is 10.9 Å². The van der Waals surface area contributed by atoms with Crippen LogP contribution in [0.3, 0.4) is 0 Å².